The summed E-state index contributed by atoms with van der Waals surface area (Å²) >= 11 is 0. The Labute approximate surface area is 99.0 Å². The Morgan fingerprint density at radius 2 is 2.35 bits per heavy atom. The first-order chi connectivity index (χ1) is 8.11. The summed E-state index contributed by atoms with van der Waals surface area (Å²) in [6.07, 6.45) is 0.873. The second-order valence-corrected chi connectivity index (χ2v) is 4.19. The molecule has 1 fully saturated rings. The first-order valence-electron chi connectivity index (χ1n) is 5.57. The van der Waals surface area contributed by atoms with Crippen molar-refractivity contribution >= 4 is 5.91 Å². The van der Waals surface area contributed by atoms with E-state index in [0.29, 0.717) is 13.1 Å². The lowest BCUT2D eigenvalue weighted by Crippen LogP contribution is -2.33. The van der Waals surface area contributed by atoms with Gasteiger partial charge in [-0.25, -0.2) is 4.39 Å². The average Bonchev–Trinajstić information content (AvgIpc) is 2.80. The zero-order chi connectivity index (χ0) is 12.4. The van der Waals surface area contributed by atoms with E-state index in [1.54, 1.807) is 4.90 Å². The summed E-state index contributed by atoms with van der Waals surface area (Å²) in [6.45, 7) is 1.21. The van der Waals surface area contributed by atoms with Crippen LogP contribution in [0.5, 0.6) is 5.75 Å². The van der Waals surface area contributed by atoms with Crippen LogP contribution >= 0.6 is 0 Å². The molecule has 0 saturated carbocycles. The lowest BCUT2D eigenvalue weighted by molar-refractivity contribution is 0.0786. The highest BCUT2D eigenvalue weighted by molar-refractivity contribution is 5.97. The number of nitrogens with one attached hydrogen (secondary N) is 1. The molecule has 1 aromatic rings. The Kier molecular flexibility index (Phi) is 3.28. The number of hydrogen-bond donors (Lipinski definition) is 2. The topological polar surface area (TPSA) is 52.6 Å². The zero-order valence-electron chi connectivity index (χ0n) is 9.61. The smallest absolute Gasteiger partial charge is 0.257 e. The fraction of sp³-hybridized carbons (Fsp3) is 0.417. The standard InChI is InChI=1S/C12H15FN2O2/c1-14-9-4-5-15(7-9)12(17)10-6-8(13)2-3-11(10)16/h2-3,6,9,14,16H,4-5,7H2,1H3. The van der Waals surface area contributed by atoms with Crippen LogP contribution in [0.4, 0.5) is 4.39 Å². The Hall–Kier alpha value is -1.62. The number of amides is 1. The molecule has 2 N–H and O–H groups in total. The van der Waals surface area contributed by atoms with Crippen molar-refractivity contribution in [2.75, 3.05) is 20.1 Å². The number of carbonyl (C=O) groups is 1. The molecule has 92 valence electrons. The molecule has 0 aromatic heterocycles. The van der Waals surface area contributed by atoms with Crippen molar-refractivity contribution in [1.29, 1.82) is 0 Å². The second-order valence-electron chi connectivity index (χ2n) is 4.19. The summed E-state index contributed by atoms with van der Waals surface area (Å²) in [5.74, 6) is -1.01. The number of aromatic hydroxyl groups is 1. The van der Waals surface area contributed by atoms with Gasteiger partial charge in [-0.15, -0.1) is 0 Å². The molecule has 1 unspecified atom stereocenters. The van der Waals surface area contributed by atoms with Crippen LogP contribution in [0.1, 0.15) is 16.8 Å². The summed E-state index contributed by atoms with van der Waals surface area (Å²) in [7, 11) is 1.85. The van der Waals surface area contributed by atoms with E-state index in [-0.39, 0.29) is 23.3 Å². The van der Waals surface area contributed by atoms with Crippen LogP contribution < -0.4 is 5.32 Å². The number of rotatable bonds is 2. The van der Waals surface area contributed by atoms with Gasteiger partial charge in [0, 0.05) is 19.1 Å². The van der Waals surface area contributed by atoms with Gasteiger partial charge in [0.15, 0.2) is 0 Å². The number of phenolic OH excluding ortho intramolecular Hbond substituents is 1. The Morgan fingerprint density at radius 1 is 1.59 bits per heavy atom. The SMILES string of the molecule is CNC1CCN(C(=O)c2cc(F)ccc2O)C1. The number of likely N-dealkylation sites (N-methyl/N-ethyl adjacent to an activating group) is 1. The molecule has 0 aliphatic carbocycles. The number of phenols is 1. The first kappa shape index (κ1) is 11.9. The highest BCUT2D eigenvalue weighted by atomic mass is 19.1. The zero-order valence-corrected chi connectivity index (χ0v) is 9.61. The van der Waals surface area contributed by atoms with Crippen LogP contribution in [0, 0.1) is 5.82 Å². The second kappa shape index (κ2) is 4.71. The molecule has 0 bridgehead atoms. The third-order valence-corrected chi connectivity index (χ3v) is 3.07. The number of likely N-dealkylation sites (tertiary alicyclic amines) is 1. The van der Waals surface area contributed by atoms with Crippen molar-refractivity contribution in [2.45, 2.75) is 12.5 Å². The normalized spacial score (nSPS) is 19.6. The van der Waals surface area contributed by atoms with E-state index in [0.717, 1.165) is 18.6 Å². The van der Waals surface area contributed by atoms with E-state index in [4.69, 9.17) is 0 Å². The lowest BCUT2D eigenvalue weighted by atomic mass is 10.1. The van der Waals surface area contributed by atoms with Gasteiger partial charge in [0.1, 0.15) is 11.6 Å². The van der Waals surface area contributed by atoms with Crippen LogP contribution in [-0.4, -0.2) is 42.1 Å². The van der Waals surface area contributed by atoms with Crippen molar-refractivity contribution in [2.24, 2.45) is 0 Å². The predicted molar refractivity (Wildman–Crippen MR) is 61.4 cm³/mol. The summed E-state index contributed by atoms with van der Waals surface area (Å²) in [6, 6.07) is 3.68. The largest absolute Gasteiger partial charge is 0.507 e. The van der Waals surface area contributed by atoms with Gasteiger partial charge in [-0.05, 0) is 31.7 Å². The minimum absolute atomic E-state index is 0.0294. The Morgan fingerprint density at radius 3 is 3.00 bits per heavy atom. The quantitative estimate of drug-likeness (QED) is 0.807. The minimum Gasteiger partial charge on any atom is -0.507 e. The van der Waals surface area contributed by atoms with E-state index in [1.165, 1.54) is 6.07 Å². The van der Waals surface area contributed by atoms with Gasteiger partial charge in [-0.2, -0.15) is 0 Å². The third kappa shape index (κ3) is 2.39. The lowest BCUT2D eigenvalue weighted by Gasteiger charge is -2.17. The molecule has 0 radical (unpaired) electrons. The number of hydrogen-bond acceptors (Lipinski definition) is 3. The van der Waals surface area contributed by atoms with Gasteiger partial charge in [0.2, 0.25) is 0 Å². The summed E-state index contributed by atoms with van der Waals surface area (Å²) in [4.78, 5) is 13.7. The summed E-state index contributed by atoms with van der Waals surface area (Å²) in [5, 5.41) is 12.7. The van der Waals surface area contributed by atoms with Gasteiger partial charge in [0.05, 0.1) is 5.56 Å². The maximum absolute atomic E-state index is 13.0. The molecule has 0 spiro atoms. The molecule has 2 rings (SSSR count). The Balaban J connectivity index is 2.17. The maximum atomic E-state index is 13.0. The van der Waals surface area contributed by atoms with Gasteiger partial charge in [-0.1, -0.05) is 0 Å². The van der Waals surface area contributed by atoms with Crippen molar-refractivity contribution < 1.29 is 14.3 Å². The van der Waals surface area contributed by atoms with Crippen molar-refractivity contribution in [1.82, 2.24) is 10.2 Å². The van der Waals surface area contributed by atoms with E-state index in [2.05, 4.69) is 5.32 Å². The van der Waals surface area contributed by atoms with Crippen molar-refractivity contribution in [3.8, 4) is 5.75 Å². The van der Waals surface area contributed by atoms with Gasteiger partial charge in [0.25, 0.3) is 5.91 Å². The highest BCUT2D eigenvalue weighted by Crippen LogP contribution is 2.21. The third-order valence-electron chi connectivity index (χ3n) is 3.07. The first-order valence-corrected chi connectivity index (χ1v) is 5.57. The van der Waals surface area contributed by atoms with E-state index in [9.17, 15) is 14.3 Å². The average molecular weight is 238 g/mol. The molecule has 5 heteroatoms. The molecular formula is C12H15FN2O2. The molecule has 1 aromatic carbocycles. The fourth-order valence-electron chi connectivity index (χ4n) is 2.03. The number of benzene rings is 1. The highest BCUT2D eigenvalue weighted by Gasteiger charge is 2.27. The molecule has 17 heavy (non-hydrogen) atoms. The summed E-state index contributed by atoms with van der Waals surface area (Å²) in [5.41, 5.74) is 0.0294. The van der Waals surface area contributed by atoms with Crippen LogP contribution in [0.15, 0.2) is 18.2 Å². The molecule has 1 heterocycles. The number of carbonyl (C=O) groups excluding carboxylic acids is 1. The van der Waals surface area contributed by atoms with Crippen molar-refractivity contribution in [3.05, 3.63) is 29.6 Å². The molecule has 1 saturated heterocycles. The monoisotopic (exact) mass is 238 g/mol. The molecule has 4 nitrogen and oxygen atoms in total. The van der Waals surface area contributed by atoms with E-state index < -0.39 is 5.82 Å². The molecule has 1 aliphatic rings. The van der Waals surface area contributed by atoms with Crippen LogP contribution in [0.25, 0.3) is 0 Å². The minimum atomic E-state index is -0.518. The van der Waals surface area contributed by atoms with E-state index >= 15 is 0 Å². The van der Waals surface area contributed by atoms with Gasteiger partial charge >= 0.3 is 0 Å². The Bertz CT molecular complexity index is 437. The number of halogens is 1. The van der Waals surface area contributed by atoms with Crippen molar-refractivity contribution in [3.63, 3.8) is 0 Å². The van der Waals surface area contributed by atoms with Gasteiger partial charge < -0.3 is 15.3 Å². The van der Waals surface area contributed by atoms with E-state index in [1.807, 2.05) is 7.05 Å². The molecule has 1 aliphatic heterocycles. The molecule has 1 amide bonds. The summed E-state index contributed by atoms with van der Waals surface area (Å²) < 4.78 is 13.0. The number of nitrogens with zero attached hydrogens (tertiary/aromatic N) is 1. The van der Waals surface area contributed by atoms with Crippen LogP contribution in [0.3, 0.4) is 0 Å². The predicted octanol–water partition coefficient (Wildman–Crippen LogP) is 0.965. The molecular weight excluding hydrogens is 223 g/mol. The van der Waals surface area contributed by atoms with Crippen LogP contribution in [-0.2, 0) is 0 Å². The fourth-order valence-corrected chi connectivity index (χ4v) is 2.03. The van der Waals surface area contributed by atoms with Gasteiger partial charge in [-0.3, -0.25) is 4.79 Å². The maximum Gasteiger partial charge on any atom is 0.257 e. The molecule has 1 atom stereocenters. The van der Waals surface area contributed by atoms with Crippen LogP contribution in [0.2, 0.25) is 0 Å².